The number of rotatable bonds is 6. The summed E-state index contributed by atoms with van der Waals surface area (Å²) >= 11 is 1.67. The van der Waals surface area contributed by atoms with E-state index in [-0.39, 0.29) is 0 Å². The van der Waals surface area contributed by atoms with Gasteiger partial charge in [-0.2, -0.15) is 0 Å². The smallest absolute Gasteiger partial charge is 0.227 e. The van der Waals surface area contributed by atoms with Crippen molar-refractivity contribution in [1.29, 1.82) is 0 Å². The SMILES string of the molecule is c1ccc(-c2nc3ccc(-c4nc(-c5ccc(-c6nc7ccccc7s6)cc5)nc(-c5ccc6nc(-c7ccccc7)oc6c5)n4)cc3o2)cc1. The first-order chi connectivity index (χ1) is 25.2. The third-order valence-corrected chi connectivity index (χ3v) is 9.74. The fourth-order valence-electron chi connectivity index (χ4n) is 6.06. The molecular weight excluding hydrogens is 653 g/mol. The van der Waals surface area contributed by atoms with Crippen LogP contribution >= 0.6 is 11.3 Å². The van der Waals surface area contributed by atoms with Gasteiger partial charge in [-0.3, -0.25) is 0 Å². The molecule has 0 atom stereocenters. The Hall–Kier alpha value is -6.84. The maximum Gasteiger partial charge on any atom is 0.227 e. The molecule has 4 aromatic heterocycles. The molecule has 10 rings (SSSR count). The van der Waals surface area contributed by atoms with Gasteiger partial charge in [-0.1, -0.05) is 72.8 Å². The van der Waals surface area contributed by atoms with Crippen molar-refractivity contribution in [2.24, 2.45) is 0 Å². The maximum atomic E-state index is 6.20. The first-order valence-electron chi connectivity index (χ1n) is 16.4. The molecule has 0 aliphatic carbocycles. The van der Waals surface area contributed by atoms with Crippen LogP contribution in [0.2, 0.25) is 0 Å². The Bertz CT molecular complexity index is 2690. The van der Waals surface area contributed by atoms with Gasteiger partial charge in [-0.15, -0.1) is 11.3 Å². The van der Waals surface area contributed by atoms with E-state index in [9.17, 15) is 0 Å². The Kier molecular flexibility index (Phi) is 6.81. The van der Waals surface area contributed by atoms with E-state index in [1.165, 1.54) is 0 Å². The van der Waals surface area contributed by atoms with Crippen molar-refractivity contribution < 1.29 is 8.83 Å². The van der Waals surface area contributed by atoms with Crippen molar-refractivity contribution in [2.75, 3.05) is 0 Å². The molecule has 0 unspecified atom stereocenters. The summed E-state index contributed by atoms with van der Waals surface area (Å²) in [4.78, 5) is 29.2. The lowest BCUT2D eigenvalue weighted by Crippen LogP contribution is -2.00. The summed E-state index contributed by atoms with van der Waals surface area (Å²) in [5, 5.41) is 0.963. The standard InChI is InChI=1S/C42H24N6O2S/c1-3-9-26(10-4-1)40-43-31-21-19-29(23-34(31)49-40)38-46-37(25-15-17-28(18-16-25)42-45-33-13-7-8-14-36(33)51-42)47-39(48-38)30-20-22-32-35(24-30)50-41(44-32)27-11-5-2-6-12-27/h1-24H. The first kappa shape index (κ1) is 29.1. The van der Waals surface area contributed by atoms with Crippen molar-refractivity contribution in [3.63, 3.8) is 0 Å². The molecule has 240 valence electrons. The minimum Gasteiger partial charge on any atom is -0.436 e. The van der Waals surface area contributed by atoms with Crippen LogP contribution in [0.25, 0.3) is 100 Å². The molecule has 0 saturated carbocycles. The summed E-state index contributed by atoms with van der Waals surface area (Å²) < 4.78 is 13.6. The van der Waals surface area contributed by atoms with Gasteiger partial charge in [0, 0.05) is 33.4 Å². The number of benzene rings is 6. The van der Waals surface area contributed by atoms with Crippen molar-refractivity contribution in [1.82, 2.24) is 29.9 Å². The minimum absolute atomic E-state index is 0.507. The summed E-state index contributed by atoms with van der Waals surface area (Å²) in [6, 6.07) is 47.7. The molecule has 10 aromatic rings. The summed E-state index contributed by atoms with van der Waals surface area (Å²) in [5.74, 6) is 2.67. The molecule has 0 aliphatic heterocycles. The molecule has 0 radical (unpaired) electrons. The van der Waals surface area contributed by atoms with E-state index in [1.807, 2.05) is 127 Å². The first-order valence-corrected chi connectivity index (χ1v) is 17.2. The van der Waals surface area contributed by atoms with Crippen molar-refractivity contribution in [3.8, 4) is 67.6 Å². The van der Waals surface area contributed by atoms with Crippen LogP contribution in [0.3, 0.4) is 0 Å². The van der Waals surface area contributed by atoms with Crippen LogP contribution in [0, 0.1) is 0 Å². The van der Waals surface area contributed by atoms with Crippen LogP contribution in [0.15, 0.2) is 154 Å². The summed E-state index contributed by atoms with van der Waals surface area (Å²) in [5.41, 5.74) is 9.05. The molecule has 9 heteroatoms. The average molecular weight is 677 g/mol. The summed E-state index contributed by atoms with van der Waals surface area (Å²) in [7, 11) is 0. The van der Waals surface area contributed by atoms with Gasteiger partial charge < -0.3 is 8.83 Å². The number of thiazole rings is 1. The second kappa shape index (κ2) is 11.9. The molecule has 4 heterocycles. The molecule has 0 bridgehead atoms. The van der Waals surface area contributed by atoms with E-state index in [0.717, 1.165) is 59.6 Å². The Morgan fingerprint density at radius 3 is 1.37 bits per heavy atom. The number of para-hydroxylation sites is 1. The Morgan fingerprint density at radius 1 is 0.353 bits per heavy atom. The molecule has 0 N–H and O–H groups in total. The topological polar surface area (TPSA) is 104 Å². The highest BCUT2D eigenvalue weighted by Crippen LogP contribution is 2.34. The molecule has 8 nitrogen and oxygen atoms in total. The summed E-state index contributed by atoms with van der Waals surface area (Å²) in [6.07, 6.45) is 0. The quantitative estimate of drug-likeness (QED) is 0.171. The van der Waals surface area contributed by atoms with Crippen molar-refractivity contribution >= 4 is 43.8 Å². The highest BCUT2D eigenvalue weighted by molar-refractivity contribution is 7.21. The normalized spacial score (nSPS) is 11.5. The fourth-order valence-corrected chi connectivity index (χ4v) is 7.03. The van der Waals surface area contributed by atoms with Crippen LogP contribution in [0.1, 0.15) is 0 Å². The Labute approximate surface area is 294 Å². The lowest BCUT2D eigenvalue weighted by molar-refractivity contribution is 0.619. The van der Waals surface area contributed by atoms with Gasteiger partial charge in [0.05, 0.1) is 10.2 Å². The third kappa shape index (κ3) is 5.42. The number of aromatic nitrogens is 6. The van der Waals surface area contributed by atoms with Crippen LogP contribution in [-0.4, -0.2) is 29.9 Å². The van der Waals surface area contributed by atoms with Gasteiger partial charge in [-0.05, 0) is 72.8 Å². The van der Waals surface area contributed by atoms with Gasteiger partial charge in [0.2, 0.25) is 11.8 Å². The Balaban J connectivity index is 1.08. The van der Waals surface area contributed by atoms with Crippen LogP contribution in [-0.2, 0) is 0 Å². The predicted octanol–water partition coefficient (Wildman–Crippen LogP) is 10.8. The highest BCUT2D eigenvalue weighted by atomic mass is 32.1. The van der Waals surface area contributed by atoms with E-state index in [4.69, 9.17) is 38.7 Å². The minimum atomic E-state index is 0.507. The molecule has 0 saturated heterocycles. The van der Waals surface area contributed by atoms with Crippen molar-refractivity contribution in [3.05, 3.63) is 146 Å². The van der Waals surface area contributed by atoms with Crippen LogP contribution in [0.5, 0.6) is 0 Å². The number of fused-ring (bicyclic) bond motifs is 3. The lowest BCUT2D eigenvalue weighted by Gasteiger charge is -2.09. The maximum absolute atomic E-state index is 6.20. The zero-order chi connectivity index (χ0) is 33.7. The van der Waals surface area contributed by atoms with Gasteiger partial charge in [0.15, 0.2) is 28.6 Å². The highest BCUT2D eigenvalue weighted by Gasteiger charge is 2.17. The zero-order valence-corrected chi connectivity index (χ0v) is 27.6. The van der Waals surface area contributed by atoms with Crippen LogP contribution in [0.4, 0.5) is 0 Å². The molecular formula is C42H24N6O2S. The van der Waals surface area contributed by atoms with E-state index >= 15 is 0 Å². The second-order valence-corrected chi connectivity index (χ2v) is 13.0. The molecule has 0 aliphatic rings. The van der Waals surface area contributed by atoms with E-state index in [0.29, 0.717) is 40.4 Å². The Morgan fingerprint density at radius 2 is 0.824 bits per heavy atom. The second-order valence-electron chi connectivity index (χ2n) is 12.0. The fraction of sp³-hybridized carbons (Fsp3) is 0. The zero-order valence-electron chi connectivity index (χ0n) is 26.8. The van der Waals surface area contributed by atoms with Crippen molar-refractivity contribution in [2.45, 2.75) is 0 Å². The van der Waals surface area contributed by atoms with E-state index in [2.05, 4.69) is 18.2 Å². The molecule has 0 spiro atoms. The molecule has 6 aromatic carbocycles. The number of hydrogen-bond donors (Lipinski definition) is 0. The van der Waals surface area contributed by atoms with Crippen LogP contribution < -0.4 is 0 Å². The van der Waals surface area contributed by atoms with Gasteiger partial charge in [0.1, 0.15) is 16.0 Å². The predicted molar refractivity (Wildman–Crippen MR) is 201 cm³/mol. The lowest BCUT2D eigenvalue weighted by atomic mass is 10.1. The number of oxazole rings is 2. The number of hydrogen-bond acceptors (Lipinski definition) is 9. The van der Waals surface area contributed by atoms with Gasteiger partial charge in [0.25, 0.3) is 0 Å². The number of nitrogens with zero attached hydrogens (tertiary/aromatic N) is 6. The molecule has 0 fully saturated rings. The monoisotopic (exact) mass is 676 g/mol. The largest absolute Gasteiger partial charge is 0.436 e. The third-order valence-electron chi connectivity index (χ3n) is 8.65. The average Bonchev–Trinajstić information content (AvgIpc) is 3.95. The van der Waals surface area contributed by atoms with E-state index < -0.39 is 0 Å². The summed E-state index contributed by atoms with van der Waals surface area (Å²) in [6.45, 7) is 0. The van der Waals surface area contributed by atoms with Gasteiger partial charge >= 0.3 is 0 Å². The van der Waals surface area contributed by atoms with Gasteiger partial charge in [-0.25, -0.2) is 29.9 Å². The molecule has 51 heavy (non-hydrogen) atoms. The molecule has 0 amide bonds. The van der Waals surface area contributed by atoms with E-state index in [1.54, 1.807) is 11.3 Å².